The highest BCUT2D eigenvalue weighted by atomic mass is 16.5. The average molecular weight is 292 g/mol. The molecule has 0 saturated heterocycles. The van der Waals surface area contributed by atoms with E-state index in [1.165, 1.54) is 17.5 Å². The number of hydrogen-bond donors (Lipinski definition) is 1. The Hall–Kier alpha value is -1.06. The number of methoxy groups -OCH3 is 1. The lowest BCUT2D eigenvalue weighted by Crippen LogP contribution is -2.21. The van der Waals surface area contributed by atoms with Crippen LogP contribution in [0.4, 0.5) is 0 Å². The van der Waals surface area contributed by atoms with Gasteiger partial charge in [-0.2, -0.15) is 0 Å². The van der Waals surface area contributed by atoms with Crippen LogP contribution in [-0.4, -0.2) is 32.1 Å². The lowest BCUT2D eigenvalue weighted by molar-refractivity contribution is 0.297. The number of rotatable bonds is 9. The quantitative estimate of drug-likeness (QED) is 0.748. The SMILES string of the molecule is CCNC(C)c1ccc(OC)c(CN(C)CCC(C)C)c1. The van der Waals surface area contributed by atoms with E-state index in [0.717, 1.165) is 31.3 Å². The fourth-order valence-electron chi connectivity index (χ4n) is 2.46. The molecule has 1 aromatic carbocycles. The Morgan fingerprint density at radius 1 is 1.24 bits per heavy atom. The van der Waals surface area contributed by atoms with Crippen LogP contribution in [-0.2, 0) is 6.54 Å². The Balaban J connectivity index is 2.80. The highest BCUT2D eigenvalue weighted by Crippen LogP contribution is 2.24. The fourth-order valence-corrected chi connectivity index (χ4v) is 2.46. The second-order valence-corrected chi connectivity index (χ2v) is 6.27. The first-order chi connectivity index (χ1) is 9.97. The molecule has 0 spiro atoms. The minimum atomic E-state index is 0.376. The number of nitrogens with zero attached hydrogens (tertiary/aromatic N) is 1. The summed E-state index contributed by atoms with van der Waals surface area (Å²) in [5.74, 6) is 1.73. The van der Waals surface area contributed by atoms with Crippen molar-refractivity contribution in [1.29, 1.82) is 0 Å². The van der Waals surface area contributed by atoms with Crippen molar-refractivity contribution in [3.8, 4) is 5.75 Å². The minimum absolute atomic E-state index is 0.376. The lowest BCUT2D eigenvalue weighted by atomic mass is 10.0. The zero-order valence-corrected chi connectivity index (χ0v) is 14.6. The largest absolute Gasteiger partial charge is 0.496 e. The normalized spacial score (nSPS) is 13.0. The Morgan fingerprint density at radius 3 is 2.52 bits per heavy atom. The molecule has 3 nitrogen and oxygen atoms in total. The van der Waals surface area contributed by atoms with Crippen LogP contribution in [0.5, 0.6) is 5.75 Å². The first-order valence-corrected chi connectivity index (χ1v) is 8.06. The predicted octanol–water partition coefficient (Wildman–Crippen LogP) is 3.84. The zero-order chi connectivity index (χ0) is 15.8. The molecule has 3 heteroatoms. The zero-order valence-electron chi connectivity index (χ0n) is 14.6. The van der Waals surface area contributed by atoms with Crippen molar-refractivity contribution in [3.05, 3.63) is 29.3 Å². The third kappa shape index (κ3) is 6.06. The van der Waals surface area contributed by atoms with Crippen LogP contribution in [0.3, 0.4) is 0 Å². The summed E-state index contributed by atoms with van der Waals surface area (Å²) in [6.07, 6.45) is 1.23. The number of ether oxygens (including phenoxy) is 1. The highest BCUT2D eigenvalue weighted by Gasteiger charge is 2.11. The van der Waals surface area contributed by atoms with Crippen LogP contribution in [0.1, 0.15) is 51.3 Å². The van der Waals surface area contributed by atoms with Gasteiger partial charge in [-0.05, 0) is 57.1 Å². The van der Waals surface area contributed by atoms with Gasteiger partial charge in [-0.3, -0.25) is 0 Å². The van der Waals surface area contributed by atoms with Crippen LogP contribution < -0.4 is 10.1 Å². The first-order valence-electron chi connectivity index (χ1n) is 8.06. The summed E-state index contributed by atoms with van der Waals surface area (Å²) in [4.78, 5) is 2.37. The molecule has 1 unspecified atom stereocenters. The molecule has 0 aliphatic rings. The molecule has 21 heavy (non-hydrogen) atoms. The topological polar surface area (TPSA) is 24.5 Å². The maximum absolute atomic E-state index is 5.52. The van der Waals surface area contributed by atoms with Crippen LogP contribution in [0.25, 0.3) is 0 Å². The van der Waals surface area contributed by atoms with E-state index in [4.69, 9.17) is 4.74 Å². The van der Waals surface area contributed by atoms with Crippen molar-refractivity contribution < 1.29 is 4.74 Å². The molecule has 1 rings (SSSR count). The van der Waals surface area contributed by atoms with Crippen LogP contribution in [0.2, 0.25) is 0 Å². The molecule has 1 atom stereocenters. The van der Waals surface area contributed by atoms with Gasteiger partial charge in [-0.25, -0.2) is 0 Å². The molecule has 0 saturated carbocycles. The fraction of sp³-hybridized carbons (Fsp3) is 0.667. The number of nitrogens with one attached hydrogen (secondary N) is 1. The molecular weight excluding hydrogens is 260 g/mol. The van der Waals surface area contributed by atoms with Gasteiger partial charge in [0.1, 0.15) is 5.75 Å². The minimum Gasteiger partial charge on any atom is -0.496 e. The van der Waals surface area contributed by atoms with Crippen molar-refractivity contribution in [2.75, 3.05) is 27.2 Å². The highest BCUT2D eigenvalue weighted by molar-refractivity contribution is 5.38. The van der Waals surface area contributed by atoms with E-state index in [1.54, 1.807) is 7.11 Å². The second kappa shape index (κ2) is 9.06. The van der Waals surface area contributed by atoms with Crippen LogP contribution in [0.15, 0.2) is 18.2 Å². The molecule has 0 fully saturated rings. The van der Waals surface area contributed by atoms with E-state index in [0.29, 0.717) is 6.04 Å². The monoisotopic (exact) mass is 292 g/mol. The standard InChI is InChI=1S/C18H32N2O/c1-7-19-15(4)16-8-9-18(21-6)17(12-16)13-20(5)11-10-14(2)3/h8-9,12,14-15,19H,7,10-11,13H2,1-6H3. The molecule has 0 aliphatic carbocycles. The van der Waals surface area contributed by atoms with Crippen molar-refractivity contribution in [3.63, 3.8) is 0 Å². The Labute approximate surface area is 130 Å². The van der Waals surface area contributed by atoms with Crippen molar-refractivity contribution in [1.82, 2.24) is 10.2 Å². The van der Waals surface area contributed by atoms with E-state index >= 15 is 0 Å². The summed E-state index contributed by atoms with van der Waals surface area (Å²) in [5.41, 5.74) is 2.59. The molecule has 0 heterocycles. The Morgan fingerprint density at radius 2 is 1.95 bits per heavy atom. The molecule has 0 aromatic heterocycles. The third-order valence-electron chi connectivity index (χ3n) is 3.84. The van der Waals surface area contributed by atoms with Gasteiger partial charge in [0.2, 0.25) is 0 Å². The van der Waals surface area contributed by atoms with E-state index in [9.17, 15) is 0 Å². The molecular formula is C18H32N2O. The van der Waals surface area contributed by atoms with Gasteiger partial charge in [0.25, 0.3) is 0 Å². The maximum Gasteiger partial charge on any atom is 0.123 e. The van der Waals surface area contributed by atoms with E-state index < -0.39 is 0 Å². The van der Waals surface area contributed by atoms with Crippen molar-refractivity contribution in [2.24, 2.45) is 5.92 Å². The molecule has 1 N–H and O–H groups in total. The number of benzene rings is 1. The van der Waals surface area contributed by atoms with Gasteiger partial charge in [0.15, 0.2) is 0 Å². The van der Waals surface area contributed by atoms with Gasteiger partial charge in [0, 0.05) is 18.2 Å². The summed E-state index contributed by atoms with van der Waals surface area (Å²) >= 11 is 0. The Kier molecular flexibility index (Phi) is 7.76. The third-order valence-corrected chi connectivity index (χ3v) is 3.84. The Bertz CT molecular complexity index is 418. The summed E-state index contributed by atoms with van der Waals surface area (Å²) < 4.78 is 5.52. The lowest BCUT2D eigenvalue weighted by Gasteiger charge is -2.21. The second-order valence-electron chi connectivity index (χ2n) is 6.27. The summed E-state index contributed by atoms with van der Waals surface area (Å²) in [5, 5.41) is 3.47. The van der Waals surface area contributed by atoms with Gasteiger partial charge in [-0.1, -0.05) is 26.8 Å². The van der Waals surface area contributed by atoms with E-state index in [1.807, 2.05) is 0 Å². The molecule has 1 aromatic rings. The molecule has 0 amide bonds. The van der Waals surface area contributed by atoms with Gasteiger partial charge >= 0.3 is 0 Å². The molecule has 0 radical (unpaired) electrons. The van der Waals surface area contributed by atoms with Gasteiger partial charge in [-0.15, -0.1) is 0 Å². The molecule has 0 bridgehead atoms. The smallest absolute Gasteiger partial charge is 0.123 e. The summed E-state index contributed by atoms with van der Waals surface area (Å²) in [6, 6.07) is 6.90. The van der Waals surface area contributed by atoms with Crippen molar-refractivity contribution in [2.45, 2.75) is 46.7 Å². The van der Waals surface area contributed by atoms with Crippen LogP contribution >= 0.6 is 0 Å². The number of hydrogen-bond acceptors (Lipinski definition) is 3. The predicted molar refractivity (Wildman–Crippen MR) is 90.9 cm³/mol. The summed E-state index contributed by atoms with van der Waals surface area (Å²) in [6.45, 7) is 11.9. The van der Waals surface area contributed by atoms with Gasteiger partial charge < -0.3 is 15.0 Å². The van der Waals surface area contributed by atoms with Crippen LogP contribution in [0, 0.1) is 5.92 Å². The maximum atomic E-state index is 5.52. The van der Waals surface area contributed by atoms with Crippen molar-refractivity contribution >= 4 is 0 Å². The van der Waals surface area contributed by atoms with E-state index in [-0.39, 0.29) is 0 Å². The first kappa shape index (κ1) is 18.0. The molecule has 120 valence electrons. The van der Waals surface area contributed by atoms with Gasteiger partial charge in [0.05, 0.1) is 7.11 Å². The summed E-state index contributed by atoms with van der Waals surface area (Å²) in [7, 11) is 3.93. The average Bonchev–Trinajstić information content (AvgIpc) is 2.45. The molecule has 0 aliphatic heterocycles. The van der Waals surface area contributed by atoms with E-state index in [2.05, 4.69) is 63.2 Å².